The van der Waals surface area contributed by atoms with Gasteiger partial charge in [0.15, 0.2) is 15.8 Å². The maximum absolute atomic E-state index is 12.8. The van der Waals surface area contributed by atoms with E-state index in [9.17, 15) is 8.42 Å². The monoisotopic (exact) mass is 556 g/mol. The number of halogens is 1. The first-order valence-electron chi connectivity index (χ1n) is 10.5. The number of hydrogen-bond acceptors (Lipinski definition) is 4. The Morgan fingerprint density at radius 3 is 2.13 bits per heavy atom. The van der Waals surface area contributed by atoms with Gasteiger partial charge >= 0.3 is 0 Å². The van der Waals surface area contributed by atoms with Gasteiger partial charge in [-0.05, 0) is 24.1 Å². The van der Waals surface area contributed by atoms with Gasteiger partial charge in [0.05, 0.1) is 10.6 Å². The van der Waals surface area contributed by atoms with Crippen molar-refractivity contribution in [3.8, 4) is 0 Å². The quantitative estimate of drug-likeness (QED) is 0.323. The molecule has 0 amide bonds. The van der Waals surface area contributed by atoms with E-state index >= 15 is 0 Å². The van der Waals surface area contributed by atoms with E-state index in [0.29, 0.717) is 11.3 Å². The Hall–Kier alpha value is -1.65. The van der Waals surface area contributed by atoms with Crippen molar-refractivity contribution in [1.29, 1.82) is 0 Å². The van der Waals surface area contributed by atoms with Gasteiger partial charge < -0.3 is 10.2 Å². The molecule has 1 unspecified atom stereocenters. The number of guanidine groups is 1. The summed E-state index contributed by atoms with van der Waals surface area (Å²) in [4.78, 5) is 9.46. The molecule has 2 aromatic rings. The van der Waals surface area contributed by atoms with Crippen LogP contribution >= 0.6 is 24.0 Å². The number of nitrogens with zero attached hydrogens (tertiary/aromatic N) is 3. The molecule has 170 valence electrons. The number of nitrogens with one attached hydrogen (secondary N) is 1. The number of hydrogen-bond donors (Lipinski definition) is 1. The average molecular weight is 557 g/mol. The van der Waals surface area contributed by atoms with Gasteiger partial charge in [-0.2, -0.15) is 0 Å². The summed E-state index contributed by atoms with van der Waals surface area (Å²) in [6, 6.07) is 19.0. The zero-order chi connectivity index (χ0) is 21.4. The maximum atomic E-state index is 12.8. The number of rotatable bonds is 7. The molecule has 1 atom stereocenters. The summed E-state index contributed by atoms with van der Waals surface area (Å²) in [5.74, 6) is 0.838. The van der Waals surface area contributed by atoms with Gasteiger partial charge in [0.1, 0.15) is 0 Å². The van der Waals surface area contributed by atoms with E-state index in [1.807, 2.05) is 19.1 Å². The molecule has 0 bridgehead atoms. The lowest BCUT2D eigenvalue weighted by atomic mass is 10.2. The highest BCUT2D eigenvalue weighted by molar-refractivity contribution is 14.0. The summed E-state index contributed by atoms with van der Waals surface area (Å²) in [5.41, 5.74) is 1.32. The number of benzene rings is 2. The highest BCUT2D eigenvalue weighted by Gasteiger charge is 2.24. The maximum Gasteiger partial charge on any atom is 0.193 e. The van der Waals surface area contributed by atoms with Crippen LogP contribution in [0, 0.1) is 0 Å². The molecule has 0 saturated carbocycles. The summed E-state index contributed by atoms with van der Waals surface area (Å²) in [5, 5.41) is 3.39. The number of sulfone groups is 1. The lowest BCUT2D eigenvalue weighted by Crippen LogP contribution is -2.54. The third-order valence-electron chi connectivity index (χ3n) is 5.48. The van der Waals surface area contributed by atoms with E-state index in [1.54, 1.807) is 31.3 Å². The van der Waals surface area contributed by atoms with Crippen molar-refractivity contribution in [3.05, 3.63) is 66.2 Å². The van der Waals surface area contributed by atoms with Crippen molar-refractivity contribution in [3.63, 3.8) is 0 Å². The van der Waals surface area contributed by atoms with Crippen LogP contribution in [0.1, 0.15) is 18.9 Å². The molecule has 0 aliphatic carbocycles. The molecule has 8 heteroatoms. The summed E-state index contributed by atoms with van der Waals surface area (Å²) in [6.45, 7) is 6.60. The van der Waals surface area contributed by atoms with Crippen molar-refractivity contribution in [2.24, 2.45) is 4.99 Å². The van der Waals surface area contributed by atoms with Crippen molar-refractivity contribution >= 4 is 39.8 Å². The average Bonchev–Trinajstić information content (AvgIpc) is 2.78. The van der Waals surface area contributed by atoms with Gasteiger partial charge in [0.2, 0.25) is 0 Å². The first kappa shape index (κ1) is 25.6. The molecule has 1 N–H and O–H groups in total. The van der Waals surface area contributed by atoms with Crippen LogP contribution in [0.5, 0.6) is 0 Å². The van der Waals surface area contributed by atoms with Crippen LogP contribution in [-0.2, 0) is 16.4 Å². The van der Waals surface area contributed by atoms with Gasteiger partial charge in [-0.15, -0.1) is 24.0 Å². The fraction of sp³-hybridized carbons (Fsp3) is 0.435. The lowest BCUT2D eigenvalue weighted by Gasteiger charge is -2.37. The normalized spacial score (nSPS) is 16.5. The van der Waals surface area contributed by atoms with Gasteiger partial charge in [-0.1, -0.05) is 55.5 Å². The number of aliphatic imine (C=N–C) groups is 1. The van der Waals surface area contributed by atoms with E-state index in [0.717, 1.165) is 38.7 Å². The van der Waals surface area contributed by atoms with E-state index < -0.39 is 9.84 Å². The van der Waals surface area contributed by atoms with Gasteiger partial charge in [0.25, 0.3) is 0 Å². The molecule has 31 heavy (non-hydrogen) atoms. The van der Waals surface area contributed by atoms with Crippen molar-refractivity contribution in [1.82, 2.24) is 15.1 Å². The Morgan fingerprint density at radius 2 is 1.58 bits per heavy atom. The smallest absolute Gasteiger partial charge is 0.193 e. The minimum atomic E-state index is -3.34. The Morgan fingerprint density at radius 1 is 1.00 bits per heavy atom. The predicted octanol–water partition coefficient (Wildman–Crippen LogP) is 3.25. The van der Waals surface area contributed by atoms with Crippen molar-refractivity contribution < 1.29 is 8.42 Å². The van der Waals surface area contributed by atoms with E-state index in [1.165, 1.54) is 5.56 Å². The Kier molecular flexibility index (Phi) is 10.2. The van der Waals surface area contributed by atoms with Crippen LogP contribution in [0.25, 0.3) is 0 Å². The SMILES string of the molecule is CCC(CS(=O)(=O)c1ccccc1)NC(=NC)N1CCN(Cc2ccccc2)CC1.I. The molecular weight excluding hydrogens is 523 g/mol. The molecule has 1 saturated heterocycles. The minimum Gasteiger partial charge on any atom is -0.352 e. The Bertz CT molecular complexity index is 915. The van der Waals surface area contributed by atoms with E-state index in [2.05, 4.69) is 44.4 Å². The Labute approximate surface area is 203 Å². The highest BCUT2D eigenvalue weighted by atomic mass is 127. The molecule has 0 aromatic heterocycles. The zero-order valence-corrected chi connectivity index (χ0v) is 21.4. The second-order valence-electron chi connectivity index (χ2n) is 7.64. The van der Waals surface area contributed by atoms with Crippen LogP contribution < -0.4 is 5.32 Å². The summed E-state index contributed by atoms with van der Waals surface area (Å²) in [6.07, 6.45) is 0.707. The van der Waals surface area contributed by atoms with Gasteiger partial charge in [-0.3, -0.25) is 9.89 Å². The lowest BCUT2D eigenvalue weighted by molar-refractivity contribution is 0.172. The summed E-state index contributed by atoms with van der Waals surface area (Å²) < 4.78 is 25.5. The second-order valence-corrected chi connectivity index (χ2v) is 9.67. The van der Waals surface area contributed by atoms with Crippen LogP contribution in [-0.4, -0.2) is 69.2 Å². The fourth-order valence-electron chi connectivity index (χ4n) is 3.69. The van der Waals surface area contributed by atoms with Crippen LogP contribution in [0.3, 0.4) is 0 Å². The third-order valence-corrected chi connectivity index (χ3v) is 7.31. The molecule has 3 rings (SSSR count). The molecular formula is C23H33IN4O2S. The van der Waals surface area contributed by atoms with E-state index in [-0.39, 0.29) is 35.8 Å². The molecule has 1 fully saturated rings. The summed E-state index contributed by atoms with van der Waals surface area (Å²) >= 11 is 0. The van der Waals surface area contributed by atoms with Crippen LogP contribution in [0.2, 0.25) is 0 Å². The summed E-state index contributed by atoms with van der Waals surface area (Å²) in [7, 11) is -1.58. The van der Waals surface area contributed by atoms with E-state index in [4.69, 9.17) is 0 Å². The second kappa shape index (κ2) is 12.4. The van der Waals surface area contributed by atoms with Crippen LogP contribution in [0.15, 0.2) is 70.6 Å². The zero-order valence-electron chi connectivity index (χ0n) is 18.3. The van der Waals surface area contributed by atoms with Crippen molar-refractivity contribution in [2.45, 2.75) is 30.8 Å². The third kappa shape index (κ3) is 7.47. The molecule has 6 nitrogen and oxygen atoms in total. The molecule has 1 aliphatic heterocycles. The highest BCUT2D eigenvalue weighted by Crippen LogP contribution is 2.13. The first-order valence-corrected chi connectivity index (χ1v) is 12.2. The van der Waals surface area contributed by atoms with Crippen LogP contribution in [0.4, 0.5) is 0 Å². The molecule has 1 heterocycles. The molecule has 0 radical (unpaired) electrons. The number of piperazine rings is 1. The fourth-order valence-corrected chi connectivity index (χ4v) is 5.30. The predicted molar refractivity (Wildman–Crippen MR) is 138 cm³/mol. The molecule has 1 aliphatic rings. The molecule has 2 aromatic carbocycles. The topological polar surface area (TPSA) is 65.0 Å². The largest absolute Gasteiger partial charge is 0.352 e. The molecule has 0 spiro atoms. The van der Waals surface area contributed by atoms with Gasteiger partial charge in [0, 0.05) is 45.8 Å². The van der Waals surface area contributed by atoms with Gasteiger partial charge in [-0.25, -0.2) is 8.42 Å². The first-order chi connectivity index (χ1) is 14.5. The van der Waals surface area contributed by atoms with Crippen molar-refractivity contribution in [2.75, 3.05) is 39.0 Å². The Balaban J connectivity index is 0.00000341. The standard InChI is InChI=1S/C23H32N4O2S.HI/c1-3-21(19-30(28,29)22-12-8-5-9-13-22)25-23(24-2)27-16-14-26(15-17-27)18-20-10-6-4-7-11-20;/h4-13,21H,3,14-19H2,1-2H3,(H,24,25);1H. The minimum absolute atomic E-state index is 0.